The van der Waals surface area contributed by atoms with Crippen molar-refractivity contribution in [1.29, 1.82) is 0 Å². The Labute approximate surface area is 207 Å². The van der Waals surface area contributed by atoms with Crippen LogP contribution in [0, 0.1) is 36.7 Å². The van der Waals surface area contributed by atoms with Gasteiger partial charge in [-0.1, -0.05) is 42.1 Å². The molecule has 3 aromatic carbocycles. The second kappa shape index (κ2) is 10.7. The first-order chi connectivity index (χ1) is 16.8. The lowest BCUT2D eigenvalue weighted by molar-refractivity contribution is -0.479. The molecule has 1 heterocycles. The number of aromatic nitrogens is 3. The topological polar surface area (TPSA) is 83.1 Å². The average Bonchev–Trinajstić information content (AvgIpc) is 3.20. The van der Waals surface area contributed by atoms with Gasteiger partial charge in [0.15, 0.2) is 5.16 Å². The van der Waals surface area contributed by atoms with Crippen molar-refractivity contribution in [2.75, 3.05) is 6.54 Å². The van der Waals surface area contributed by atoms with E-state index >= 15 is 0 Å². The summed E-state index contributed by atoms with van der Waals surface area (Å²) in [5.74, 6) is 1.04. The molecule has 7 nitrogen and oxygen atoms in total. The van der Waals surface area contributed by atoms with Gasteiger partial charge < -0.3 is 4.74 Å². The normalized spacial score (nSPS) is 11.9. The summed E-state index contributed by atoms with van der Waals surface area (Å²) in [5, 5.41) is 20.1. The number of halogens is 1. The molecule has 0 spiro atoms. The van der Waals surface area contributed by atoms with E-state index in [1.165, 1.54) is 29.5 Å². The van der Waals surface area contributed by atoms with Gasteiger partial charge in [0.2, 0.25) is 6.54 Å². The third-order valence-corrected chi connectivity index (χ3v) is 6.86. The van der Waals surface area contributed by atoms with Gasteiger partial charge in [-0.05, 0) is 79.4 Å². The van der Waals surface area contributed by atoms with Crippen LogP contribution >= 0.6 is 11.8 Å². The van der Waals surface area contributed by atoms with E-state index in [0.717, 1.165) is 22.4 Å². The maximum atomic E-state index is 13.1. The van der Waals surface area contributed by atoms with E-state index in [2.05, 4.69) is 16.3 Å². The van der Waals surface area contributed by atoms with Gasteiger partial charge in [-0.15, -0.1) is 10.2 Å². The van der Waals surface area contributed by atoms with Gasteiger partial charge in [0.25, 0.3) is 0 Å². The van der Waals surface area contributed by atoms with E-state index in [9.17, 15) is 14.5 Å². The van der Waals surface area contributed by atoms with Crippen LogP contribution in [0.25, 0.3) is 5.69 Å². The molecular weight excluding hydrogens is 467 g/mol. The minimum atomic E-state index is -0.468. The highest BCUT2D eigenvalue weighted by Crippen LogP contribution is 2.36. The summed E-state index contributed by atoms with van der Waals surface area (Å²) in [6.45, 7) is 5.99. The largest absolute Gasteiger partial charge is 0.489 e. The Morgan fingerprint density at radius 1 is 1.00 bits per heavy atom. The molecule has 180 valence electrons. The van der Waals surface area contributed by atoms with E-state index in [1.54, 1.807) is 24.3 Å². The van der Waals surface area contributed by atoms with Crippen molar-refractivity contribution in [2.45, 2.75) is 37.8 Å². The maximum absolute atomic E-state index is 13.1. The van der Waals surface area contributed by atoms with Gasteiger partial charge in [0.05, 0.1) is 0 Å². The molecule has 4 aromatic rings. The van der Waals surface area contributed by atoms with Crippen LogP contribution in [0.4, 0.5) is 4.39 Å². The molecule has 0 amide bonds. The molecule has 9 heteroatoms. The van der Waals surface area contributed by atoms with Crippen molar-refractivity contribution < 1.29 is 14.1 Å². The number of hydrogen-bond acceptors (Lipinski definition) is 6. The van der Waals surface area contributed by atoms with Crippen LogP contribution in [0.1, 0.15) is 33.3 Å². The van der Waals surface area contributed by atoms with Gasteiger partial charge in [0.1, 0.15) is 29.2 Å². The first-order valence-corrected chi connectivity index (χ1v) is 11.9. The van der Waals surface area contributed by atoms with Gasteiger partial charge in [-0.25, -0.2) is 4.39 Å². The Bertz CT molecular complexity index is 1320. The van der Waals surface area contributed by atoms with Gasteiger partial charge in [0, 0.05) is 10.6 Å². The quantitative estimate of drug-likeness (QED) is 0.161. The number of thioether (sulfide) groups is 1. The molecule has 0 aliphatic carbocycles. The van der Waals surface area contributed by atoms with Gasteiger partial charge >= 0.3 is 0 Å². The second-order valence-corrected chi connectivity index (χ2v) is 9.41. The fourth-order valence-electron chi connectivity index (χ4n) is 3.58. The lowest BCUT2D eigenvalue weighted by atomic mass is 10.1. The Morgan fingerprint density at radius 3 is 2.37 bits per heavy atom. The monoisotopic (exact) mass is 492 g/mol. The molecule has 0 saturated heterocycles. The van der Waals surface area contributed by atoms with Crippen LogP contribution in [-0.2, 0) is 6.61 Å². The summed E-state index contributed by atoms with van der Waals surface area (Å²) in [4.78, 5) is 11.1. The molecule has 0 aliphatic rings. The van der Waals surface area contributed by atoms with E-state index in [0.29, 0.717) is 23.3 Å². The van der Waals surface area contributed by atoms with E-state index in [4.69, 9.17) is 4.74 Å². The third-order valence-electron chi connectivity index (χ3n) is 5.68. The van der Waals surface area contributed by atoms with E-state index < -0.39 is 5.25 Å². The van der Waals surface area contributed by atoms with Crippen molar-refractivity contribution >= 4 is 11.8 Å². The summed E-state index contributed by atoms with van der Waals surface area (Å²) >= 11 is 1.31. The maximum Gasteiger partial charge on any atom is 0.220 e. The Morgan fingerprint density at radius 2 is 1.71 bits per heavy atom. The first kappa shape index (κ1) is 24.4. The second-order valence-electron chi connectivity index (χ2n) is 8.24. The van der Waals surface area contributed by atoms with E-state index in [1.807, 2.05) is 49.6 Å². The van der Waals surface area contributed by atoms with Crippen LogP contribution in [0.2, 0.25) is 0 Å². The molecule has 0 fully saturated rings. The summed E-state index contributed by atoms with van der Waals surface area (Å²) in [7, 11) is 0. The summed E-state index contributed by atoms with van der Waals surface area (Å²) in [6.07, 6.45) is 0. The Balaban J connectivity index is 1.54. The van der Waals surface area contributed by atoms with Crippen LogP contribution < -0.4 is 4.74 Å². The lowest BCUT2D eigenvalue weighted by Crippen LogP contribution is -2.11. The number of hydrogen-bond donors (Lipinski definition) is 0. The number of rotatable bonds is 9. The molecular formula is C26H25FN4O3S. The Kier molecular flexibility index (Phi) is 7.45. The zero-order valence-electron chi connectivity index (χ0n) is 19.6. The molecule has 0 radical (unpaired) electrons. The number of nitrogens with zero attached hydrogens (tertiary/aromatic N) is 4. The van der Waals surface area contributed by atoms with Crippen molar-refractivity contribution in [1.82, 2.24) is 14.8 Å². The highest BCUT2D eigenvalue weighted by atomic mass is 32.2. The molecule has 35 heavy (non-hydrogen) atoms. The summed E-state index contributed by atoms with van der Waals surface area (Å²) in [5.41, 5.74) is 4.88. The highest BCUT2D eigenvalue weighted by Gasteiger charge is 2.24. The first-order valence-electron chi connectivity index (χ1n) is 11.1. The molecule has 0 bridgehead atoms. The molecule has 4 rings (SSSR count). The van der Waals surface area contributed by atoms with Crippen molar-refractivity contribution in [3.8, 4) is 11.4 Å². The molecule has 0 saturated carbocycles. The molecule has 0 aliphatic heterocycles. The summed E-state index contributed by atoms with van der Waals surface area (Å²) in [6, 6.07) is 19.4. The lowest BCUT2D eigenvalue weighted by Gasteiger charge is -2.15. The van der Waals surface area contributed by atoms with Crippen LogP contribution in [0.15, 0.2) is 71.9 Å². The molecule has 1 aromatic heterocycles. The number of nitro groups is 1. The third kappa shape index (κ3) is 6.05. The minimum Gasteiger partial charge on any atom is -0.489 e. The van der Waals surface area contributed by atoms with Gasteiger partial charge in [-0.2, -0.15) is 0 Å². The minimum absolute atomic E-state index is 0.265. The zero-order chi connectivity index (χ0) is 24.9. The van der Waals surface area contributed by atoms with Crippen molar-refractivity contribution in [2.24, 2.45) is 0 Å². The van der Waals surface area contributed by atoms with Crippen LogP contribution in [-0.4, -0.2) is 26.2 Å². The number of benzene rings is 3. The fourth-order valence-corrected chi connectivity index (χ4v) is 4.76. The predicted octanol–water partition coefficient (Wildman–Crippen LogP) is 6.02. The molecule has 0 N–H and O–H groups in total. The summed E-state index contributed by atoms with van der Waals surface area (Å²) < 4.78 is 20.8. The number of aryl methyl sites for hydroxylation is 3. The van der Waals surface area contributed by atoms with Crippen molar-refractivity contribution in [3.05, 3.63) is 111 Å². The van der Waals surface area contributed by atoms with Gasteiger partial charge in [-0.3, -0.25) is 14.7 Å². The zero-order valence-corrected chi connectivity index (χ0v) is 20.5. The predicted molar refractivity (Wildman–Crippen MR) is 133 cm³/mol. The fraction of sp³-hybridized carbons (Fsp3) is 0.231. The van der Waals surface area contributed by atoms with Crippen molar-refractivity contribution in [3.63, 3.8) is 0 Å². The average molecular weight is 493 g/mol. The van der Waals surface area contributed by atoms with Crippen LogP contribution in [0.5, 0.6) is 5.75 Å². The smallest absolute Gasteiger partial charge is 0.220 e. The SMILES string of the molecule is Cc1ccc(-n2c(C)nnc2S[C@@H](C[N+](=O)[O-])c2ccc(OCc3ccc(F)cc3)cc2)cc1C. The molecule has 0 unspecified atom stereocenters. The molecule has 1 atom stereocenters. The Hall–Kier alpha value is -3.72. The van der Waals surface area contributed by atoms with Crippen LogP contribution in [0.3, 0.4) is 0 Å². The van der Waals surface area contributed by atoms with E-state index in [-0.39, 0.29) is 17.3 Å². The highest BCUT2D eigenvalue weighted by molar-refractivity contribution is 7.99. The standard InChI is InChI=1S/C26H25FN4O3S/c1-17-4-11-23(14-18(17)2)31-19(3)28-29-26(31)35-25(15-30(32)33)21-7-12-24(13-8-21)34-16-20-5-9-22(27)10-6-20/h4-14,25H,15-16H2,1-3H3/t25-/m0/s1. The number of ether oxygens (including phenoxy) is 1.